The minimum atomic E-state index is 0. The van der Waals surface area contributed by atoms with Gasteiger partial charge in [-0.1, -0.05) is 58.0 Å². The molecular formula is C14H27NV. The van der Waals surface area contributed by atoms with E-state index in [1.54, 1.807) is 0 Å². The first-order valence-electron chi connectivity index (χ1n) is 5.91. The third kappa shape index (κ3) is 7.98. The molecule has 0 aromatic heterocycles. The van der Waals surface area contributed by atoms with Gasteiger partial charge >= 0.3 is 0 Å². The first-order chi connectivity index (χ1) is 7.17. The summed E-state index contributed by atoms with van der Waals surface area (Å²) in [5, 5.41) is 3.26. The van der Waals surface area contributed by atoms with Crippen molar-refractivity contribution in [3.63, 3.8) is 0 Å². The average Bonchev–Trinajstić information content (AvgIpc) is 2.35. The Labute approximate surface area is 114 Å². The number of hydrogen-bond acceptors (Lipinski definition) is 1. The summed E-state index contributed by atoms with van der Waals surface area (Å²) in [4.78, 5) is 0. The quantitative estimate of drug-likeness (QED) is 0.840. The van der Waals surface area contributed by atoms with E-state index in [2.05, 4.69) is 43.4 Å². The molecule has 0 spiro atoms. The van der Waals surface area contributed by atoms with Gasteiger partial charge < -0.3 is 5.32 Å². The second-order valence-electron chi connectivity index (χ2n) is 3.24. The van der Waals surface area contributed by atoms with Crippen LogP contribution in [0.25, 0.3) is 0 Å². The third-order valence-electron chi connectivity index (χ3n) is 2.12. The molecule has 0 bridgehead atoms. The second kappa shape index (κ2) is 12.8. The molecule has 0 amide bonds. The van der Waals surface area contributed by atoms with E-state index >= 15 is 0 Å². The minimum Gasteiger partial charge on any atom is -0.311 e. The predicted molar refractivity (Wildman–Crippen MR) is 71.2 cm³/mol. The van der Waals surface area contributed by atoms with Crippen molar-refractivity contribution in [2.75, 3.05) is 7.05 Å². The minimum absolute atomic E-state index is 0. The fraction of sp³-hybridized carbons (Fsp3) is 0.571. The van der Waals surface area contributed by atoms with E-state index in [1.807, 2.05) is 40.8 Å². The van der Waals surface area contributed by atoms with Crippen molar-refractivity contribution in [2.45, 2.75) is 47.1 Å². The summed E-state index contributed by atoms with van der Waals surface area (Å²) in [6, 6.07) is 10.4. The van der Waals surface area contributed by atoms with Crippen LogP contribution in [-0.2, 0) is 24.1 Å². The SMILES string of the molecule is CC.CC.CNC(C)(C)c1ccccc1.[V]. The molecule has 0 unspecified atom stereocenters. The van der Waals surface area contributed by atoms with E-state index in [0.29, 0.717) is 0 Å². The van der Waals surface area contributed by atoms with Crippen LogP contribution in [0.4, 0.5) is 0 Å². The van der Waals surface area contributed by atoms with E-state index < -0.39 is 0 Å². The van der Waals surface area contributed by atoms with Crippen molar-refractivity contribution in [3.05, 3.63) is 35.9 Å². The molecule has 2 heteroatoms. The number of hydrogen-bond donors (Lipinski definition) is 1. The van der Waals surface area contributed by atoms with Crippen LogP contribution in [0.1, 0.15) is 47.1 Å². The molecule has 1 radical (unpaired) electrons. The molecular weight excluding hydrogens is 233 g/mol. The van der Waals surface area contributed by atoms with Gasteiger partial charge in [-0.15, -0.1) is 0 Å². The monoisotopic (exact) mass is 260 g/mol. The number of rotatable bonds is 2. The largest absolute Gasteiger partial charge is 0.311 e. The van der Waals surface area contributed by atoms with Gasteiger partial charge in [0, 0.05) is 24.1 Å². The molecule has 0 fully saturated rings. The Morgan fingerprint density at radius 1 is 0.875 bits per heavy atom. The third-order valence-corrected chi connectivity index (χ3v) is 2.12. The van der Waals surface area contributed by atoms with Gasteiger partial charge in [-0.2, -0.15) is 0 Å². The van der Waals surface area contributed by atoms with Gasteiger partial charge in [0.2, 0.25) is 0 Å². The first kappa shape index (κ1) is 21.1. The molecule has 93 valence electrons. The Morgan fingerprint density at radius 2 is 1.25 bits per heavy atom. The van der Waals surface area contributed by atoms with Crippen molar-refractivity contribution in [2.24, 2.45) is 0 Å². The van der Waals surface area contributed by atoms with Gasteiger partial charge in [-0.05, 0) is 26.5 Å². The van der Waals surface area contributed by atoms with Gasteiger partial charge in [0.25, 0.3) is 0 Å². The van der Waals surface area contributed by atoms with Crippen LogP contribution in [0, 0.1) is 0 Å². The van der Waals surface area contributed by atoms with E-state index in [4.69, 9.17) is 0 Å². The first-order valence-corrected chi connectivity index (χ1v) is 5.91. The maximum atomic E-state index is 3.26. The predicted octanol–water partition coefficient (Wildman–Crippen LogP) is 4.19. The summed E-state index contributed by atoms with van der Waals surface area (Å²) in [6.07, 6.45) is 0. The average molecular weight is 260 g/mol. The smallest absolute Gasteiger partial charge is 0.0374 e. The zero-order chi connectivity index (χ0) is 12.3. The molecule has 0 aliphatic heterocycles. The van der Waals surface area contributed by atoms with Crippen LogP contribution in [0.2, 0.25) is 0 Å². The van der Waals surface area contributed by atoms with Crippen LogP contribution in [-0.4, -0.2) is 7.05 Å². The molecule has 1 nitrogen and oxygen atoms in total. The van der Waals surface area contributed by atoms with Crippen molar-refractivity contribution in [1.82, 2.24) is 5.32 Å². The van der Waals surface area contributed by atoms with E-state index in [-0.39, 0.29) is 24.1 Å². The van der Waals surface area contributed by atoms with Crippen molar-refractivity contribution in [1.29, 1.82) is 0 Å². The summed E-state index contributed by atoms with van der Waals surface area (Å²) in [7, 11) is 1.98. The van der Waals surface area contributed by atoms with Crippen molar-refractivity contribution >= 4 is 0 Å². The second-order valence-corrected chi connectivity index (χ2v) is 3.24. The number of benzene rings is 1. The summed E-state index contributed by atoms with van der Waals surface area (Å²) in [5.41, 5.74) is 1.41. The fourth-order valence-electron chi connectivity index (χ4n) is 0.999. The Bertz CT molecular complexity index is 219. The summed E-state index contributed by atoms with van der Waals surface area (Å²) in [5.74, 6) is 0. The van der Waals surface area contributed by atoms with Crippen LogP contribution in [0.5, 0.6) is 0 Å². The standard InChI is InChI=1S/C10H15N.2C2H6.V/c1-10(2,11-3)9-7-5-4-6-8-9;2*1-2;/h4-8,11H,1-3H3;2*1-2H3;. The molecule has 0 atom stereocenters. The van der Waals surface area contributed by atoms with E-state index in [9.17, 15) is 0 Å². The van der Waals surface area contributed by atoms with Gasteiger partial charge in [-0.3, -0.25) is 0 Å². The molecule has 0 aliphatic carbocycles. The summed E-state index contributed by atoms with van der Waals surface area (Å²) < 4.78 is 0. The molecule has 16 heavy (non-hydrogen) atoms. The Hall–Kier alpha value is -0.236. The summed E-state index contributed by atoms with van der Waals surface area (Å²) >= 11 is 0. The molecule has 1 aromatic carbocycles. The normalized spacial score (nSPS) is 8.69. The zero-order valence-electron chi connectivity index (χ0n) is 11.8. The van der Waals surface area contributed by atoms with E-state index in [0.717, 1.165) is 0 Å². The van der Waals surface area contributed by atoms with Crippen molar-refractivity contribution < 1.29 is 18.6 Å². The van der Waals surface area contributed by atoms with Crippen LogP contribution in [0.15, 0.2) is 30.3 Å². The van der Waals surface area contributed by atoms with Crippen LogP contribution in [0.3, 0.4) is 0 Å². The van der Waals surface area contributed by atoms with Crippen LogP contribution < -0.4 is 5.32 Å². The van der Waals surface area contributed by atoms with Gasteiger partial charge in [0.1, 0.15) is 0 Å². The molecule has 1 aromatic rings. The summed E-state index contributed by atoms with van der Waals surface area (Å²) in [6.45, 7) is 12.3. The molecule has 0 heterocycles. The maximum absolute atomic E-state index is 3.26. The Balaban J connectivity index is -0.000000305. The Morgan fingerprint density at radius 3 is 1.56 bits per heavy atom. The molecule has 1 rings (SSSR count). The molecule has 1 N–H and O–H groups in total. The van der Waals surface area contributed by atoms with Gasteiger partial charge in [0.05, 0.1) is 0 Å². The molecule has 0 saturated heterocycles. The molecule has 0 saturated carbocycles. The fourth-order valence-corrected chi connectivity index (χ4v) is 0.999. The van der Waals surface area contributed by atoms with Crippen molar-refractivity contribution in [3.8, 4) is 0 Å². The topological polar surface area (TPSA) is 12.0 Å². The van der Waals surface area contributed by atoms with E-state index in [1.165, 1.54) is 5.56 Å². The van der Waals surface area contributed by atoms with Gasteiger partial charge in [-0.25, -0.2) is 0 Å². The maximum Gasteiger partial charge on any atom is 0.0374 e. The molecule has 0 aliphatic rings. The zero-order valence-corrected chi connectivity index (χ0v) is 13.2. The Kier molecular flexibility index (Phi) is 16.9. The number of nitrogens with one attached hydrogen (secondary N) is 1. The van der Waals surface area contributed by atoms with Gasteiger partial charge in [0.15, 0.2) is 0 Å². The van der Waals surface area contributed by atoms with Crippen LogP contribution >= 0.6 is 0 Å².